The van der Waals surface area contributed by atoms with Crippen LogP contribution in [0.5, 0.6) is 11.5 Å². The van der Waals surface area contributed by atoms with Crippen molar-refractivity contribution < 1.29 is 14.3 Å². The highest BCUT2D eigenvalue weighted by Gasteiger charge is 2.12. The molecule has 0 aliphatic heterocycles. The minimum Gasteiger partial charge on any atom is -0.493 e. The summed E-state index contributed by atoms with van der Waals surface area (Å²) >= 11 is 0. The van der Waals surface area contributed by atoms with Crippen molar-refractivity contribution in [2.45, 2.75) is 33.8 Å². The van der Waals surface area contributed by atoms with Gasteiger partial charge in [0.05, 0.1) is 13.2 Å². The minimum atomic E-state index is -0.0958. The number of hydrogen-bond donors (Lipinski definition) is 1. The number of carbonyl (C=O) groups is 1. The van der Waals surface area contributed by atoms with E-state index in [1.807, 2.05) is 13.8 Å². The van der Waals surface area contributed by atoms with E-state index < -0.39 is 0 Å². The molecule has 0 unspecified atom stereocenters. The molecule has 124 valence electrons. The number of likely N-dealkylation sites (N-methyl/N-ethyl adjacent to an activating group) is 1. The lowest BCUT2D eigenvalue weighted by molar-refractivity contribution is 0.0948. The third-order valence-electron chi connectivity index (χ3n) is 3.40. The maximum atomic E-state index is 12.2. The number of amides is 1. The fourth-order valence-electron chi connectivity index (χ4n) is 2.13. The lowest BCUT2D eigenvalue weighted by Crippen LogP contribution is -2.34. The summed E-state index contributed by atoms with van der Waals surface area (Å²) in [6.45, 7) is 11.6. The molecule has 0 spiro atoms. The lowest BCUT2D eigenvalue weighted by Gasteiger charge is -2.18. The van der Waals surface area contributed by atoms with E-state index in [2.05, 4.69) is 24.1 Å². The van der Waals surface area contributed by atoms with Gasteiger partial charge in [0, 0.05) is 18.7 Å². The molecule has 1 aromatic carbocycles. The zero-order valence-electron chi connectivity index (χ0n) is 14.3. The number of nitrogens with one attached hydrogen (secondary N) is 1. The SMILES string of the molecule is CCN(CC)CCNC(=O)c1ccc(OC(C)C)c(OC)c1. The summed E-state index contributed by atoms with van der Waals surface area (Å²) in [4.78, 5) is 14.4. The Labute approximate surface area is 133 Å². The molecule has 1 rings (SSSR count). The molecule has 0 heterocycles. The Morgan fingerprint density at radius 2 is 1.91 bits per heavy atom. The van der Waals surface area contributed by atoms with Crippen LogP contribution in [0.25, 0.3) is 0 Å². The van der Waals surface area contributed by atoms with Crippen molar-refractivity contribution in [2.24, 2.45) is 0 Å². The first kappa shape index (κ1) is 18.3. The molecule has 0 bridgehead atoms. The highest BCUT2D eigenvalue weighted by Crippen LogP contribution is 2.28. The van der Waals surface area contributed by atoms with Crippen molar-refractivity contribution in [3.63, 3.8) is 0 Å². The van der Waals surface area contributed by atoms with E-state index in [0.29, 0.717) is 23.6 Å². The number of hydrogen-bond acceptors (Lipinski definition) is 4. The van der Waals surface area contributed by atoms with Crippen LogP contribution in [-0.2, 0) is 0 Å². The molecule has 0 saturated heterocycles. The van der Waals surface area contributed by atoms with Gasteiger partial charge in [0.15, 0.2) is 11.5 Å². The molecule has 0 fully saturated rings. The highest BCUT2D eigenvalue weighted by molar-refractivity contribution is 5.94. The number of carbonyl (C=O) groups excluding carboxylic acids is 1. The van der Waals surface area contributed by atoms with E-state index in [9.17, 15) is 4.79 Å². The summed E-state index contributed by atoms with van der Waals surface area (Å²) in [5.74, 6) is 1.13. The average molecular weight is 308 g/mol. The predicted molar refractivity (Wildman–Crippen MR) is 88.9 cm³/mol. The summed E-state index contributed by atoms with van der Waals surface area (Å²) in [6.07, 6.45) is 0.0580. The second-order valence-corrected chi connectivity index (χ2v) is 5.32. The summed E-state index contributed by atoms with van der Waals surface area (Å²) < 4.78 is 11.0. The minimum absolute atomic E-state index is 0.0580. The van der Waals surface area contributed by atoms with Gasteiger partial charge in [-0.1, -0.05) is 13.8 Å². The average Bonchev–Trinajstić information content (AvgIpc) is 2.51. The van der Waals surface area contributed by atoms with E-state index in [1.165, 1.54) is 0 Å². The number of nitrogens with zero attached hydrogens (tertiary/aromatic N) is 1. The fraction of sp³-hybridized carbons (Fsp3) is 0.588. The molecule has 0 atom stereocenters. The van der Waals surface area contributed by atoms with Crippen LogP contribution >= 0.6 is 0 Å². The summed E-state index contributed by atoms with van der Waals surface area (Å²) in [6, 6.07) is 5.25. The van der Waals surface area contributed by atoms with Gasteiger partial charge in [0.2, 0.25) is 0 Å². The van der Waals surface area contributed by atoms with Gasteiger partial charge in [-0.3, -0.25) is 4.79 Å². The normalized spacial score (nSPS) is 10.9. The first-order valence-corrected chi connectivity index (χ1v) is 7.87. The van der Waals surface area contributed by atoms with E-state index in [1.54, 1.807) is 25.3 Å². The monoisotopic (exact) mass is 308 g/mol. The van der Waals surface area contributed by atoms with Crippen LogP contribution < -0.4 is 14.8 Å². The molecule has 0 aliphatic rings. The zero-order valence-corrected chi connectivity index (χ0v) is 14.3. The van der Waals surface area contributed by atoms with Crippen molar-refractivity contribution >= 4 is 5.91 Å². The predicted octanol–water partition coefficient (Wildman–Crippen LogP) is 2.55. The molecule has 5 heteroatoms. The molecule has 0 aliphatic carbocycles. The van der Waals surface area contributed by atoms with Crippen molar-refractivity contribution in [3.05, 3.63) is 23.8 Å². The number of rotatable bonds is 9. The molecule has 5 nitrogen and oxygen atoms in total. The maximum absolute atomic E-state index is 12.2. The van der Waals surface area contributed by atoms with Crippen LogP contribution in [0.15, 0.2) is 18.2 Å². The third-order valence-corrected chi connectivity index (χ3v) is 3.40. The van der Waals surface area contributed by atoms with Crippen molar-refractivity contribution in [1.29, 1.82) is 0 Å². The van der Waals surface area contributed by atoms with Gasteiger partial charge < -0.3 is 19.7 Å². The van der Waals surface area contributed by atoms with Crippen molar-refractivity contribution in [3.8, 4) is 11.5 Å². The number of benzene rings is 1. The smallest absolute Gasteiger partial charge is 0.251 e. The topological polar surface area (TPSA) is 50.8 Å². The van der Waals surface area contributed by atoms with Crippen LogP contribution in [0, 0.1) is 0 Å². The Bertz CT molecular complexity index is 471. The first-order chi connectivity index (χ1) is 10.5. The first-order valence-electron chi connectivity index (χ1n) is 7.87. The molecule has 1 amide bonds. The molecule has 1 N–H and O–H groups in total. The van der Waals surface area contributed by atoms with Gasteiger partial charge in [0.1, 0.15) is 0 Å². The van der Waals surface area contributed by atoms with Gasteiger partial charge in [-0.25, -0.2) is 0 Å². The highest BCUT2D eigenvalue weighted by atomic mass is 16.5. The van der Waals surface area contributed by atoms with Crippen molar-refractivity contribution in [1.82, 2.24) is 10.2 Å². The van der Waals surface area contributed by atoms with E-state index in [0.717, 1.165) is 19.6 Å². The molecule has 0 saturated carbocycles. The lowest BCUT2D eigenvalue weighted by atomic mass is 10.2. The van der Waals surface area contributed by atoms with Gasteiger partial charge in [0.25, 0.3) is 5.91 Å². The second kappa shape index (κ2) is 9.30. The van der Waals surface area contributed by atoms with E-state index >= 15 is 0 Å². The Kier molecular flexibility index (Phi) is 7.74. The van der Waals surface area contributed by atoms with Gasteiger partial charge in [-0.05, 0) is 45.1 Å². The van der Waals surface area contributed by atoms with Crippen LogP contribution in [0.4, 0.5) is 0 Å². The molecule has 0 radical (unpaired) electrons. The third kappa shape index (κ3) is 5.56. The second-order valence-electron chi connectivity index (χ2n) is 5.32. The standard InChI is InChI=1S/C17H28N2O3/c1-6-19(7-2)11-10-18-17(20)14-8-9-15(22-13(3)4)16(12-14)21-5/h8-9,12-13H,6-7,10-11H2,1-5H3,(H,18,20). The Morgan fingerprint density at radius 1 is 1.23 bits per heavy atom. The summed E-state index contributed by atoms with van der Waals surface area (Å²) in [5, 5.41) is 2.93. The van der Waals surface area contributed by atoms with Gasteiger partial charge >= 0.3 is 0 Å². The van der Waals surface area contributed by atoms with Crippen LogP contribution in [-0.4, -0.2) is 50.2 Å². The Balaban J connectivity index is 2.66. The molecular weight excluding hydrogens is 280 g/mol. The van der Waals surface area contributed by atoms with Crippen LogP contribution in [0.3, 0.4) is 0 Å². The molecule has 0 aromatic heterocycles. The van der Waals surface area contributed by atoms with Gasteiger partial charge in [-0.2, -0.15) is 0 Å². The zero-order chi connectivity index (χ0) is 16.5. The maximum Gasteiger partial charge on any atom is 0.251 e. The fourth-order valence-corrected chi connectivity index (χ4v) is 2.13. The summed E-state index contributed by atoms with van der Waals surface area (Å²) in [5.41, 5.74) is 0.576. The quantitative estimate of drug-likeness (QED) is 0.762. The van der Waals surface area contributed by atoms with E-state index in [4.69, 9.17) is 9.47 Å². The molecule has 1 aromatic rings. The van der Waals surface area contributed by atoms with Gasteiger partial charge in [-0.15, -0.1) is 0 Å². The summed E-state index contributed by atoms with van der Waals surface area (Å²) in [7, 11) is 1.57. The number of methoxy groups -OCH3 is 1. The van der Waals surface area contributed by atoms with Crippen LogP contribution in [0.1, 0.15) is 38.1 Å². The molecular formula is C17H28N2O3. The number of ether oxygens (including phenoxy) is 2. The Hall–Kier alpha value is -1.75. The largest absolute Gasteiger partial charge is 0.493 e. The van der Waals surface area contributed by atoms with Crippen LogP contribution in [0.2, 0.25) is 0 Å². The van der Waals surface area contributed by atoms with Crippen molar-refractivity contribution in [2.75, 3.05) is 33.3 Å². The Morgan fingerprint density at radius 3 is 2.45 bits per heavy atom. The molecule has 22 heavy (non-hydrogen) atoms. The van der Waals surface area contributed by atoms with E-state index in [-0.39, 0.29) is 12.0 Å².